The molecule has 7 heteroatoms. The molecule has 2 amide bonds. The van der Waals surface area contributed by atoms with Crippen LogP contribution in [0.3, 0.4) is 0 Å². The van der Waals surface area contributed by atoms with Crippen LogP contribution in [0.1, 0.15) is 20.8 Å². The standard InChI is InChI=1S/C23H21ClN2O2S2/c1-16-5-2-3-7-20(16)22(27)26-21(15-19-6-4-13-29-19)23(28)25-12-14-30-18-10-8-17(24)9-11-18/h2-11,13,15H,12,14H2,1H3,(H,25,28)(H,26,27)/b21-15-. The van der Waals surface area contributed by atoms with Crippen LogP contribution in [0.15, 0.2) is 76.6 Å². The molecular formula is C23H21ClN2O2S2. The Morgan fingerprint density at radius 2 is 1.83 bits per heavy atom. The van der Waals surface area contributed by atoms with Crippen molar-refractivity contribution in [3.8, 4) is 0 Å². The molecule has 3 rings (SSSR count). The minimum absolute atomic E-state index is 0.224. The van der Waals surface area contributed by atoms with Gasteiger partial charge in [0.1, 0.15) is 5.70 Å². The predicted octanol–water partition coefficient (Wildman–Crippen LogP) is 5.39. The van der Waals surface area contributed by atoms with Gasteiger partial charge in [0.2, 0.25) is 0 Å². The summed E-state index contributed by atoms with van der Waals surface area (Å²) in [4.78, 5) is 27.4. The van der Waals surface area contributed by atoms with Gasteiger partial charge >= 0.3 is 0 Å². The summed E-state index contributed by atoms with van der Waals surface area (Å²) in [6.45, 7) is 2.33. The Morgan fingerprint density at radius 1 is 1.07 bits per heavy atom. The van der Waals surface area contributed by atoms with E-state index in [0.717, 1.165) is 15.3 Å². The summed E-state index contributed by atoms with van der Waals surface area (Å²) < 4.78 is 0. The number of nitrogens with one attached hydrogen (secondary N) is 2. The zero-order valence-corrected chi connectivity index (χ0v) is 18.7. The van der Waals surface area contributed by atoms with Crippen LogP contribution in [-0.2, 0) is 4.79 Å². The number of halogens is 1. The minimum Gasteiger partial charge on any atom is -0.350 e. The maximum atomic E-state index is 12.8. The zero-order valence-electron chi connectivity index (χ0n) is 16.4. The molecule has 2 aromatic carbocycles. The van der Waals surface area contributed by atoms with Crippen LogP contribution in [0.5, 0.6) is 0 Å². The van der Waals surface area contributed by atoms with E-state index in [1.54, 1.807) is 30.0 Å². The molecule has 30 heavy (non-hydrogen) atoms. The van der Waals surface area contributed by atoms with Crippen molar-refractivity contribution in [3.05, 3.63) is 92.8 Å². The molecule has 0 aliphatic rings. The Balaban J connectivity index is 1.63. The van der Waals surface area contributed by atoms with E-state index in [-0.39, 0.29) is 17.5 Å². The number of thiophene rings is 1. The molecule has 0 spiro atoms. The summed E-state index contributed by atoms with van der Waals surface area (Å²) in [5.41, 5.74) is 1.62. The number of hydrogen-bond donors (Lipinski definition) is 2. The molecule has 0 aliphatic heterocycles. The average Bonchev–Trinajstić information content (AvgIpc) is 3.25. The first kappa shape index (κ1) is 22.2. The van der Waals surface area contributed by atoms with Crippen LogP contribution in [0.4, 0.5) is 0 Å². The van der Waals surface area contributed by atoms with Gasteiger partial charge in [-0.1, -0.05) is 35.9 Å². The molecule has 0 bridgehead atoms. The summed E-state index contributed by atoms with van der Waals surface area (Å²) in [6.07, 6.45) is 1.70. The maximum Gasteiger partial charge on any atom is 0.267 e. The van der Waals surface area contributed by atoms with E-state index in [9.17, 15) is 9.59 Å². The zero-order chi connectivity index (χ0) is 21.3. The van der Waals surface area contributed by atoms with Gasteiger partial charge in [-0.25, -0.2) is 0 Å². The summed E-state index contributed by atoms with van der Waals surface area (Å²) in [5.74, 6) is 0.0782. The molecule has 0 radical (unpaired) electrons. The third kappa shape index (κ3) is 6.49. The van der Waals surface area contributed by atoms with E-state index >= 15 is 0 Å². The normalized spacial score (nSPS) is 11.2. The fourth-order valence-corrected chi connectivity index (χ4v) is 4.20. The summed E-state index contributed by atoms with van der Waals surface area (Å²) >= 11 is 9.02. The highest BCUT2D eigenvalue weighted by Gasteiger charge is 2.16. The molecule has 1 heterocycles. The topological polar surface area (TPSA) is 58.2 Å². The number of carbonyl (C=O) groups is 2. The largest absolute Gasteiger partial charge is 0.350 e. The molecule has 0 saturated carbocycles. The quantitative estimate of drug-likeness (QED) is 0.271. The van der Waals surface area contributed by atoms with Gasteiger partial charge in [-0.3, -0.25) is 9.59 Å². The monoisotopic (exact) mass is 456 g/mol. The lowest BCUT2D eigenvalue weighted by atomic mass is 10.1. The Bertz CT molecular complexity index is 1030. The highest BCUT2D eigenvalue weighted by molar-refractivity contribution is 7.99. The van der Waals surface area contributed by atoms with Crippen molar-refractivity contribution in [2.75, 3.05) is 12.3 Å². The van der Waals surface area contributed by atoms with Gasteiger partial charge in [-0.15, -0.1) is 23.1 Å². The smallest absolute Gasteiger partial charge is 0.267 e. The van der Waals surface area contributed by atoms with Crippen molar-refractivity contribution in [2.45, 2.75) is 11.8 Å². The van der Waals surface area contributed by atoms with Gasteiger partial charge in [-0.05, 0) is 60.3 Å². The third-order valence-corrected chi connectivity index (χ3v) is 6.27. The maximum absolute atomic E-state index is 12.8. The van der Waals surface area contributed by atoms with Gasteiger partial charge in [0.25, 0.3) is 11.8 Å². The van der Waals surface area contributed by atoms with E-state index in [1.165, 1.54) is 11.3 Å². The molecule has 0 fully saturated rings. The fourth-order valence-electron chi connectivity index (χ4n) is 2.65. The second kappa shape index (κ2) is 11.0. The van der Waals surface area contributed by atoms with Gasteiger partial charge in [0.05, 0.1) is 0 Å². The van der Waals surface area contributed by atoms with Gasteiger partial charge in [-0.2, -0.15) is 0 Å². The van der Waals surface area contributed by atoms with Crippen molar-refractivity contribution in [3.63, 3.8) is 0 Å². The Kier molecular flexibility index (Phi) is 8.13. The lowest BCUT2D eigenvalue weighted by Crippen LogP contribution is -2.36. The number of benzene rings is 2. The second-order valence-electron chi connectivity index (χ2n) is 6.40. The Morgan fingerprint density at radius 3 is 2.53 bits per heavy atom. The minimum atomic E-state index is -0.318. The van der Waals surface area contributed by atoms with E-state index in [0.29, 0.717) is 22.9 Å². The van der Waals surface area contributed by atoms with Crippen LogP contribution in [-0.4, -0.2) is 24.1 Å². The number of amides is 2. The van der Waals surface area contributed by atoms with Crippen molar-refractivity contribution in [1.29, 1.82) is 0 Å². The number of rotatable bonds is 8. The number of hydrogen-bond acceptors (Lipinski definition) is 4. The van der Waals surface area contributed by atoms with Crippen LogP contribution in [0.25, 0.3) is 6.08 Å². The molecule has 0 saturated heterocycles. The molecule has 3 aromatic rings. The van der Waals surface area contributed by atoms with Crippen molar-refractivity contribution in [2.24, 2.45) is 0 Å². The van der Waals surface area contributed by atoms with E-state index in [2.05, 4.69) is 10.6 Å². The number of thioether (sulfide) groups is 1. The van der Waals surface area contributed by atoms with Crippen molar-refractivity contribution >= 4 is 52.6 Å². The highest BCUT2D eigenvalue weighted by Crippen LogP contribution is 2.20. The molecular weight excluding hydrogens is 436 g/mol. The number of carbonyl (C=O) groups excluding carboxylic acids is 2. The lowest BCUT2D eigenvalue weighted by Gasteiger charge is -2.12. The second-order valence-corrected chi connectivity index (χ2v) is 8.98. The third-order valence-electron chi connectivity index (χ3n) is 4.18. The van der Waals surface area contributed by atoms with Crippen LogP contribution >= 0.6 is 34.7 Å². The van der Waals surface area contributed by atoms with Gasteiger partial charge in [0, 0.05) is 32.7 Å². The first-order valence-electron chi connectivity index (χ1n) is 9.31. The predicted molar refractivity (Wildman–Crippen MR) is 126 cm³/mol. The summed E-state index contributed by atoms with van der Waals surface area (Å²) in [6, 6.07) is 18.7. The Hall–Kier alpha value is -2.54. The van der Waals surface area contributed by atoms with Gasteiger partial charge < -0.3 is 10.6 Å². The molecule has 0 aliphatic carbocycles. The molecule has 0 unspecified atom stereocenters. The van der Waals surface area contributed by atoms with Crippen LogP contribution < -0.4 is 10.6 Å². The van der Waals surface area contributed by atoms with Crippen LogP contribution in [0.2, 0.25) is 5.02 Å². The first-order chi connectivity index (χ1) is 14.5. The molecule has 2 N–H and O–H groups in total. The molecule has 4 nitrogen and oxygen atoms in total. The van der Waals surface area contributed by atoms with Crippen LogP contribution in [0, 0.1) is 6.92 Å². The molecule has 0 atom stereocenters. The van der Waals surface area contributed by atoms with Crippen molar-refractivity contribution < 1.29 is 9.59 Å². The van der Waals surface area contributed by atoms with E-state index < -0.39 is 0 Å². The van der Waals surface area contributed by atoms with E-state index in [1.807, 2.05) is 60.8 Å². The Labute approximate surface area is 189 Å². The van der Waals surface area contributed by atoms with Gasteiger partial charge in [0.15, 0.2) is 0 Å². The highest BCUT2D eigenvalue weighted by atomic mass is 35.5. The summed E-state index contributed by atoms with van der Waals surface area (Å²) in [5, 5.41) is 8.28. The lowest BCUT2D eigenvalue weighted by molar-refractivity contribution is -0.117. The van der Waals surface area contributed by atoms with E-state index in [4.69, 9.17) is 11.6 Å². The molecule has 1 aromatic heterocycles. The SMILES string of the molecule is Cc1ccccc1C(=O)N/C(=C\c1cccs1)C(=O)NCCSc1ccc(Cl)cc1. The summed E-state index contributed by atoms with van der Waals surface area (Å²) in [7, 11) is 0. The number of aryl methyl sites for hydroxylation is 1. The molecule has 154 valence electrons. The fraction of sp³-hybridized carbons (Fsp3) is 0.130. The first-order valence-corrected chi connectivity index (χ1v) is 11.6. The van der Waals surface area contributed by atoms with Crippen molar-refractivity contribution in [1.82, 2.24) is 10.6 Å². The average molecular weight is 457 g/mol.